The van der Waals surface area contributed by atoms with E-state index < -0.39 is 10.8 Å². The molecular formula is C11H9NO2S. The van der Waals surface area contributed by atoms with Crippen LogP contribution in [0.15, 0.2) is 63.2 Å². The molecule has 1 aromatic carbocycles. The smallest absolute Gasteiger partial charge is 0.249 e. The van der Waals surface area contributed by atoms with Crippen LogP contribution in [0, 0.1) is 0 Å². The molecule has 0 bridgehead atoms. The molecule has 76 valence electrons. The van der Waals surface area contributed by atoms with E-state index in [1.165, 1.54) is 12.3 Å². The summed E-state index contributed by atoms with van der Waals surface area (Å²) in [6, 6.07) is 12.0. The summed E-state index contributed by atoms with van der Waals surface area (Å²) in [5.41, 5.74) is -0.239. The lowest BCUT2D eigenvalue weighted by Crippen LogP contribution is -2.05. The first-order chi connectivity index (χ1) is 7.27. The molecule has 4 heteroatoms. The lowest BCUT2D eigenvalue weighted by Gasteiger charge is -2.00. The van der Waals surface area contributed by atoms with E-state index in [2.05, 4.69) is 4.98 Å². The number of H-pyrrole nitrogens is 1. The highest BCUT2D eigenvalue weighted by Crippen LogP contribution is 2.13. The van der Waals surface area contributed by atoms with Crippen molar-refractivity contribution in [3.63, 3.8) is 0 Å². The predicted octanol–water partition coefficient (Wildman–Crippen LogP) is 1.54. The normalized spacial score (nSPS) is 12.3. The third kappa shape index (κ3) is 2.22. The van der Waals surface area contributed by atoms with Gasteiger partial charge in [0.25, 0.3) is 0 Å². The molecule has 1 N–H and O–H groups in total. The summed E-state index contributed by atoms with van der Waals surface area (Å²) in [6.45, 7) is 0. The van der Waals surface area contributed by atoms with Crippen LogP contribution >= 0.6 is 0 Å². The Kier molecular flexibility index (Phi) is 2.78. The molecule has 0 aliphatic rings. The van der Waals surface area contributed by atoms with Crippen molar-refractivity contribution in [2.24, 2.45) is 0 Å². The zero-order valence-corrected chi connectivity index (χ0v) is 8.66. The Bertz CT molecular complexity index is 534. The molecule has 2 aromatic rings. The lowest BCUT2D eigenvalue weighted by atomic mass is 10.4. The maximum atomic E-state index is 12.0. The minimum absolute atomic E-state index is 0.239. The molecule has 0 amide bonds. The lowest BCUT2D eigenvalue weighted by molar-refractivity contribution is 0.683. The summed E-state index contributed by atoms with van der Waals surface area (Å²) in [4.78, 5) is 14.7. The molecule has 1 heterocycles. The van der Waals surface area contributed by atoms with E-state index >= 15 is 0 Å². The Hall–Kier alpha value is -1.68. The third-order valence-corrected chi connectivity index (χ3v) is 3.30. The van der Waals surface area contributed by atoms with Crippen LogP contribution < -0.4 is 5.56 Å². The largest absolute Gasteiger partial charge is 0.329 e. The molecule has 0 aliphatic heterocycles. The van der Waals surface area contributed by atoms with Crippen LogP contribution in [0.5, 0.6) is 0 Å². The Balaban J connectivity index is 2.42. The van der Waals surface area contributed by atoms with Gasteiger partial charge in [-0.05, 0) is 18.2 Å². The van der Waals surface area contributed by atoms with E-state index in [9.17, 15) is 9.00 Å². The summed E-state index contributed by atoms with van der Waals surface area (Å²) >= 11 is 0. The number of nitrogens with one attached hydrogen (secondary N) is 1. The molecule has 1 aromatic heterocycles. The van der Waals surface area contributed by atoms with Crippen LogP contribution in [-0.4, -0.2) is 9.19 Å². The first-order valence-electron chi connectivity index (χ1n) is 4.43. The molecule has 0 aliphatic carbocycles. The number of aromatic amines is 1. The summed E-state index contributed by atoms with van der Waals surface area (Å²) < 4.78 is 12.0. The first kappa shape index (κ1) is 9.86. The van der Waals surface area contributed by atoms with E-state index in [-0.39, 0.29) is 5.56 Å². The van der Waals surface area contributed by atoms with Crippen molar-refractivity contribution in [3.05, 3.63) is 59.0 Å². The fourth-order valence-corrected chi connectivity index (χ4v) is 2.30. The van der Waals surface area contributed by atoms with Crippen LogP contribution in [0.4, 0.5) is 0 Å². The first-order valence-corrected chi connectivity index (χ1v) is 5.58. The Morgan fingerprint density at radius 3 is 2.40 bits per heavy atom. The monoisotopic (exact) mass is 219 g/mol. The van der Waals surface area contributed by atoms with E-state index in [1.807, 2.05) is 18.2 Å². The molecular weight excluding hydrogens is 210 g/mol. The Morgan fingerprint density at radius 2 is 1.73 bits per heavy atom. The second kappa shape index (κ2) is 4.23. The van der Waals surface area contributed by atoms with Gasteiger partial charge in [-0.25, -0.2) is 4.21 Å². The number of hydrogen-bond donors (Lipinski definition) is 1. The van der Waals surface area contributed by atoms with Crippen molar-refractivity contribution in [3.8, 4) is 0 Å². The van der Waals surface area contributed by atoms with Crippen molar-refractivity contribution in [2.45, 2.75) is 9.79 Å². The molecule has 0 saturated carbocycles. The van der Waals surface area contributed by atoms with Crippen LogP contribution in [0.25, 0.3) is 0 Å². The molecule has 0 radical (unpaired) electrons. The molecule has 0 fully saturated rings. The maximum Gasteiger partial charge on any atom is 0.249 e. The van der Waals surface area contributed by atoms with Gasteiger partial charge in [0, 0.05) is 17.2 Å². The average Bonchev–Trinajstić information content (AvgIpc) is 2.29. The quantitative estimate of drug-likeness (QED) is 0.833. The van der Waals surface area contributed by atoms with Gasteiger partial charge in [0.15, 0.2) is 0 Å². The van der Waals surface area contributed by atoms with Gasteiger partial charge in [0.1, 0.15) is 0 Å². The maximum absolute atomic E-state index is 12.0. The van der Waals surface area contributed by atoms with Crippen molar-refractivity contribution in [1.82, 2.24) is 4.98 Å². The average molecular weight is 219 g/mol. The van der Waals surface area contributed by atoms with Crippen LogP contribution in [0.2, 0.25) is 0 Å². The van der Waals surface area contributed by atoms with E-state index in [1.54, 1.807) is 18.2 Å². The predicted molar refractivity (Wildman–Crippen MR) is 58.2 cm³/mol. The van der Waals surface area contributed by atoms with Crippen molar-refractivity contribution < 1.29 is 4.21 Å². The molecule has 2 rings (SSSR count). The minimum atomic E-state index is -1.28. The second-order valence-electron chi connectivity index (χ2n) is 2.97. The zero-order chi connectivity index (χ0) is 10.7. The zero-order valence-electron chi connectivity index (χ0n) is 7.84. The van der Waals surface area contributed by atoms with Crippen LogP contribution in [0.1, 0.15) is 0 Å². The van der Waals surface area contributed by atoms with Gasteiger partial charge >= 0.3 is 0 Å². The van der Waals surface area contributed by atoms with Crippen molar-refractivity contribution >= 4 is 10.8 Å². The van der Waals surface area contributed by atoms with Crippen LogP contribution in [0.3, 0.4) is 0 Å². The number of aromatic nitrogens is 1. The Morgan fingerprint density at radius 1 is 1.00 bits per heavy atom. The number of rotatable bonds is 2. The summed E-state index contributed by atoms with van der Waals surface area (Å²) in [6.07, 6.45) is 1.50. The third-order valence-electron chi connectivity index (χ3n) is 1.92. The van der Waals surface area contributed by atoms with E-state index in [4.69, 9.17) is 0 Å². The topological polar surface area (TPSA) is 49.9 Å². The summed E-state index contributed by atoms with van der Waals surface area (Å²) in [5, 5.41) is 0. The number of hydrogen-bond acceptors (Lipinski definition) is 2. The van der Waals surface area contributed by atoms with E-state index in [0.29, 0.717) is 9.79 Å². The minimum Gasteiger partial charge on any atom is -0.329 e. The van der Waals surface area contributed by atoms with Crippen molar-refractivity contribution in [2.75, 3.05) is 0 Å². The molecule has 0 spiro atoms. The summed E-state index contributed by atoms with van der Waals surface area (Å²) in [5.74, 6) is 0. The fraction of sp³-hybridized carbons (Fsp3) is 0. The standard InChI is InChI=1S/C11H9NO2S/c13-11-8-10(6-7-12-11)15(14)9-4-2-1-3-5-9/h1-8H,(H,12,13). The van der Waals surface area contributed by atoms with E-state index in [0.717, 1.165) is 0 Å². The molecule has 3 nitrogen and oxygen atoms in total. The number of pyridine rings is 1. The molecule has 0 saturated heterocycles. The highest BCUT2D eigenvalue weighted by molar-refractivity contribution is 7.85. The van der Waals surface area contributed by atoms with Gasteiger partial charge in [-0.1, -0.05) is 18.2 Å². The summed E-state index contributed by atoms with van der Waals surface area (Å²) in [7, 11) is -1.28. The van der Waals surface area contributed by atoms with Gasteiger partial charge < -0.3 is 4.98 Å². The Labute approximate surface area is 89.2 Å². The van der Waals surface area contributed by atoms with Gasteiger partial charge in [0.2, 0.25) is 5.56 Å². The van der Waals surface area contributed by atoms with Gasteiger partial charge in [-0.3, -0.25) is 4.79 Å². The van der Waals surface area contributed by atoms with Gasteiger partial charge in [-0.15, -0.1) is 0 Å². The molecule has 1 atom stereocenters. The highest BCUT2D eigenvalue weighted by atomic mass is 32.2. The SMILES string of the molecule is O=c1cc(S(=O)c2ccccc2)cc[nH]1. The van der Waals surface area contributed by atoms with Gasteiger partial charge in [0.05, 0.1) is 15.7 Å². The molecule has 1 unspecified atom stereocenters. The number of benzene rings is 1. The van der Waals surface area contributed by atoms with Crippen molar-refractivity contribution in [1.29, 1.82) is 0 Å². The van der Waals surface area contributed by atoms with Crippen LogP contribution in [-0.2, 0) is 10.8 Å². The highest BCUT2D eigenvalue weighted by Gasteiger charge is 2.05. The fourth-order valence-electron chi connectivity index (χ4n) is 1.22. The van der Waals surface area contributed by atoms with Gasteiger partial charge in [-0.2, -0.15) is 0 Å². The second-order valence-corrected chi connectivity index (χ2v) is 4.45. The molecule has 15 heavy (non-hydrogen) atoms.